The third kappa shape index (κ3) is 3.30. The van der Waals surface area contributed by atoms with Gasteiger partial charge in [-0.2, -0.15) is 0 Å². The first-order valence-electron chi connectivity index (χ1n) is 5.36. The van der Waals surface area contributed by atoms with Crippen LogP contribution in [-0.4, -0.2) is 10.9 Å². The number of carbonyl (C=O) groups is 1. The van der Waals surface area contributed by atoms with E-state index in [0.29, 0.717) is 5.69 Å². The number of hydrogen-bond acceptors (Lipinski definition) is 2. The number of pyridine rings is 1. The van der Waals surface area contributed by atoms with E-state index in [0.717, 1.165) is 22.3 Å². The van der Waals surface area contributed by atoms with Crippen molar-refractivity contribution in [3.05, 3.63) is 57.0 Å². The van der Waals surface area contributed by atoms with Crippen molar-refractivity contribution in [3.63, 3.8) is 0 Å². The molecule has 0 unspecified atom stereocenters. The lowest BCUT2D eigenvalue weighted by Crippen LogP contribution is -2.13. The number of nitrogens with one attached hydrogen (secondary N) is 1. The molecular formula is C13H9BrClFN2O. The van der Waals surface area contributed by atoms with Crippen LogP contribution in [0.2, 0.25) is 5.15 Å². The molecule has 1 aromatic heterocycles. The minimum absolute atomic E-state index is 0.00207. The van der Waals surface area contributed by atoms with Crippen LogP contribution in [0.25, 0.3) is 0 Å². The number of carbonyl (C=O) groups excluding carboxylic acids is 1. The number of anilines is 1. The summed E-state index contributed by atoms with van der Waals surface area (Å²) in [5, 5.41) is 2.61. The van der Waals surface area contributed by atoms with Crippen molar-refractivity contribution in [2.24, 2.45) is 0 Å². The van der Waals surface area contributed by atoms with Crippen molar-refractivity contribution in [3.8, 4) is 0 Å². The number of benzene rings is 1. The molecule has 6 heteroatoms. The molecule has 0 saturated heterocycles. The molecule has 0 aliphatic rings. The zero-order chi connectivity index (χ0) is 14.0. The van der Waals surface area contributed by atoms with Gasteiger partial charge in [0, 0.05) is 10.2 Å². The highest BCUT2D eigenvalue weighted by atomic mass is 79.9. The molecule has 0 bridgehead atoms. The zero-order valence-corrected chi connectivity index (χ0v) is 12.2. The highest BCUT2D eigenvalue weighted by Gasteiger charge is 2.13. The molecule has 2 aromatic rings. The van der Waals surface area contributed by atoms with E-state index in [-0.39, 0.29) is 10.7 Å². The van der Waals surface area contributed by atoms with Gasteiger partial charge in [0.05, 0.1) is 11.8 Å². The third-order valence-corrected chi connectivity index (χ3v) is 3.66. The van der Waals surface area contributed by atoms with E-state index in [4.69, 9.17) is 11.6 Å². The zero-order valence-electron chi connectivity index (χ0n) is 9.88. The number of amides is 1. The number of rotatable bonds is 2. The fraction of sp³-hybridized carbons (Fsp3) is 0.0769. The van der Waals surface area contributed by atoms with Crippen molar-refractivity contribution >= 4 is 39.1 Å². The second kappa shape index (κ2) is 5.67. The van der Waals surface area contributed by atoms with E-state index in [1.807, 2.05) is 13.0 Å². The predicted octanol–water partition coefficient (Wildman–Crippen LogP) is 4.20. The summed E-state index contributed by atoms with van der Waals surface area (Å²) in [5.41, 5.74) is 1.58. The first-order chi connectivity index (χ1) is 8.97. The fourth-order valence-electron chi connectivity index (χ4n) is 1.50. The van der Waals surface area contributed by atoms with Gasteiger partial charge >= 0.3 is 0 Å². The predicted molar refractivity (Wildman–Crippen MR) is 76.0 cm³/mol. The van der Waals surface area contributed by atoms with Gasteiger partial charge in [-0.25, -0.2) is 9.37 Å². The Bertz CT molecular complexity index is 649. The standard InChI is InChI=1S/C13H9BrClFN2O/c1-7-4-9(2-3-11(7)14)18-13(19)10-5-8(16)6-17-12(10)15/h2-6H,1H3,(H,18,19). The molecule has 1 heterocycles. The van der Waals surface area contributed by atoms with Crippen LogP contribution in [0.15, 0.2) is 34.9 Å². The second-order valence-electron chi connectivity index (χ2n) is 3.91. The van der Waals surface area contributed by atoms with Gasteiger partial charge in [-0.15, -0.1) is 0 Å². The Morgan fingerprint density at radius 2 is 2.16 bits per heavy atom. The van der Waals surface area contributed by atoms with Gasteiger partial charge < -0.3 is 5.32 Å². The van der Waals surface area contributed by atoms with Crippen molar-refractivity contribution in [1.29, 1.82) is 0 Å². The van der Waals surface area contributed by atoms with Crippen LogP contribution in [0, 0.1) is 12.7 Å². The maximum Gasteiger partial charge on any atom is 0.258 e. The Labute approximate surface area is 122 Å². The molecule has 98 valence electrons. The highest BCUT2D eigenvalue weighted by Crippen LogP contribution is 2.21. The van der Waals surface area contributed by atoms with Crippen molar-refractivity contribution < 1.29 is 9.18 Å². The Morgan fingerprint density at radius 1 is 1.42 bits per heavy atom. The molecular weight excluding hydrogens is 335 g/mol. The molecule has 0 aliphatic heterocycles. The normalized spacial score (nSPS) is 10.3. The summed E-state index contributed by atoms with van der Waals surface area (Å²) in [5.74, 6) is -1.11. The van der Waals surface area contributed by atoms with Crippen LogP contribution in [0.4, 0.5) is 10.1 Å². The number of aromatic nitrogens is 1. The summed E-state index contributed by atoms with van der Waals surface area (Å²) in [6.07, 6.45) is 0.961. The minimum atomic E-state index is -0.610. The van der Waals surface area contributed by atoms with Crippen LogP contribution in [-0.2, 0) is 0 Å². The minimum Gasteiger partial charge on any atom is -0.322 e. The summed E-state index contributed by atoms with van der Waals surface area (Å²) in [4.78, 5) is 15.6. The van der Waals surface area contributed by atoms with E-state index < -0.39 is 11.7 Å². The molecule has 3 nitrogen and oxygen atoms in total. The van der Waals surface area contributed by atoms with Crippen LogP contribution in [0.3, 0.4) is 0 Å². The lowest BCUT2D eigenvalue weighted by molar-refractivity contribution is 0.102. The quantitative estimate of drug-likeness (QED) is 0.831. The molecule has 2 rings (SSSR count). The largest absolute Gasteiger partial charge is 0.322 e. The molecule has 0 saturated carbocycles. The Kier molecular flexibility index (Phi) is 4.17. The Hall–Kier alpha value is -1.46. The molecule has 0 aliphatic carbocycles. The van der Waals surface area contributed by atoms with Crippen molar-refractivity contribution in [1.82, 2.24) is 4.98 Å². The molecule has 0 radical (unpaired) electrons. The average molecular weight is 344 g/mol. The lowest BCUT2D eigenvalue weighted by Gasteiger charge is -2.08. The molecule has 0 atom stereocenters. The van der Waals surface area contributed by atoms with Gasteiger partial charge in [0.15, 0.2) is 0 Å². The number of nitrogens with zero attached hydrogens (tertiary/aromatic N) is 1. The summed E-state index contributed by atoms with van der Waals surface area (Å²) in [7, 11) is 0. The van der Waals surface area contributed by atoms with Crippen LogP contribution >= 0.6 is 27.5 Å². The number of hydrogen-bond donors (Lipinski definition) is 1. The summed E-state index contributed by atoms with van der Waals surface area (Å²) < 4.78 is 14.0. The highest BCUT2D eigenvalue weighted by molar-refractivity contribution is 9.10. The van der Waals surface area contributed by atoms with Gasteiger partial charge in [-0.3, -0.25) is 4.79 Å². The monoisotopic (exact) mass is 342 g/mol. The molecule has 1 aromatic carbocycles. The molecule has 1 amide bonds. The smallest absolute Gasteiger partial charge is 0.258 e. The molecule has 0 spiro atoms. The first kappa shape index (κ1) is 14.0. The maximum atomic E-state index is 13.1. The van der Waals surface area contributed by atoms with Crippen LogP contribution in [0.5, 0.6) is 0 Å². The van der Waals surface area contributed by atoms with E-state index in [1.165, 1.54) is 0 Å². The molecule has 0 fully saturated rings. The Balaban J connectivity index is 2.25. The van der Waals surface area contributed by atoms with E-state index in [2.05, 4.69) is 26.2 Å². The summed E-state index contributed by atoms with van der Waals surface area (Å²) in [6, 6.07) is 6.39. The van der Waals surface area contributed by atoms with E-state index in [1.54, 1.807) is 12.1 Å². The van der Waals surface area contributed by atoms with Crippen LogP contribution < -0.4 is 5.32 Å². The SMILES string of the molecule is Cc1cc(NC(=O)c2cc(F)cnc2Cl)ccc1Br. The molecule has 1 N–H and O–H groups in total. The number of aryl methyl sites for hydroxylation is 1. The fourth-order valence-corrected chi connectivity index (χ4v) is 1.94. The van der Waals surface area contributed by atoms with Gasteiger partial charge in [-0.1, -0.05) is 27.5 Å². The van der Waals surface area contributed by atoms with Gasteiger partial charge in [-0.05, 0) is 36.8 Å². The third-order valence-electron chi connectivity index (χ3n) is 2.47. The topological polar surface area (TPSA) is 42.0 Å². The van der Waals surface area contributed by atoms with Crippen molar-refractivity contribution in [2.45, 2.75) is 6.92 Å². The second-order valence-corrected chi connectivity index (χ2v) is 5.12. The average Bonchev–Trinajstić information content (AvgIpc) is 2.36. The lowest BCUT2D eigenvalue weighted by atomic mass is 10.2. The van der Waals surface area contributed by atoms with Crippen molar-refractivity contribution in [2.75, 3.05) is 5.32 Å². The maximum absolute atomic E-state index is 13.1. The summed E-state index contributed by atoms with van der Waals surface area (Å²) in [6.45, 7) is 1.90. The number of halogens is 3. The van der Waals surface area contributed by atoms with E-state index in [9.17, 15) is 9.18 Å². The Morgan fingerprint density at radius 3 is 2.84 bits per heavy atom. The van der Waals surface area contributed by atoms with E-state index >= 15 is 0 Å². The van der Waals surface area contributed by atoms with Gasteiger partial charge in [0.1, 0.15) is 11.0 Å². The van der Waals surface area contributed by atoms with Gasteiger partial charge in [0.2, 0.25) is 0 Å². The van der Waals surface area contributed by atoms with Gasteiger partial charge in [0.25, 0.3) is 5.91 Å². The molecule has 19 heavy (non-hydrogen) atoms. The summed E-state index contributed by atoms with van der Waals surface area (Å²) >= 11 is 9.14. The van der Waals surface area contributed by atoms with Crippen LogP contribution in [0.1, 0.15) is 15.9 Å². The first-order valence-corrected chi connectivity index (χ1v) is 6.53.